The van der Waals surface area contributed by atoms with Crippen molar-refractivity contribution in [1.82, 2.24) is 18.3 Å². The fraction of sp³-hybridized carbons (Fsp3) is 0.0633. The first-order chi connectivity index (χ1) is 42.7. The van der Waals surface area contributed by atoms with E-state index in [2.05, 4.69) is 245 Å². The van der Waals surface area contributed by atoms with Crippen LogP contribution in [0.1, 0.15) is 55.7 Å². The molecule has 17 rings (SSSR count). The predicted octanol–water partition coefficient (Wildman–Crippen LogP) is 20.4. The molecule has 6 heterocycles. The van der Waals surface area contributed by atoms with Gasteiger partial charge >= 0.3 is 0 Å². The van der Waals surface area contributed by atoms with Gasteiger partial charge in [-0.25, -0.2) is 0 Å². The van der Waals surface area contributed by atoms with E-state index in [-0.39, 0.29) is 16.5 Å². The molecule has 0 bridgehead atoms. The van der Waals surface area contributed by atoms with Crippen LogP contribution in [0, 0.1) is 35.0 Å². The summed E-state index contributed by atoms with van der Waals surface area (Å²) in [5.74, 6) is 3.56. The monoisotopic (exact) mass is 1110 g/mol. The highest BCUT2D eigenvalue weighted by molar-refractivity contribution is 6.24. The topological polar surface area (TPSA) is 93.6 Å². The highest BCUT2D eigenvalue weighted by Gasteiger charge is 2.36. The number of allylic oxidation sites excluding steroid dienone is 1. The van der Waals surface area contributed by atoms with E-state index in [1.165, 1.54) is 0 Å². The molecule has 0 aliphatic carbocycles. The van der Waals surface area contributed by atoms with Gasteiger partial charge in [0.2, 0.25) is 0 Å². The average molecular weight is 1120 g/mol. The molecule has 0 saturated heterocycles. The quantitative estimate of drug-likeness (QED) is 0.155. The fourth-order valence-corrected chi connectivity index (χ4v) is 14.2. The third kappa shape index (κ3) is 6.83. The summed E-state index contributed by atoms with van der Waals surface area (Å²) in [6.45, 7) is 8.65. The Hall–Kier alpha value is -11.8. The second-order valence-electron chi connectivity index (χ2n) is 23.6. The third-order valence-corrected chi connectivity index (χ3v) is 18.0. The minimum Gasteiger partial charge on any atom is -0.454 e. The zero-order chi connectivity index (χ0) is 58.6. The van der Waals surface area contributed by atoms with Crippen molar-refractivity contribution >= 4 is 126 Å². The number of hydrogen-bond donors (Lipinski definition) is 0. The minimum atomic E-state index is -0.228. The Kier molecular flexibility index (Phi) is 10.5. The predicted molar refractivity (Wildman–Crippen MR) is 357 cm³/mol. The number of rotatable bonds is 6. The Balaban J connectivity index is 1.20. The van der Waals surface area contributed by atoms with E-state index in [9.17, 15) is 10.5 Å². The number of nitrogens with zero attached hydrogens (tertiary/aromatic N) is 6. The maximum Gasteiger partial charge on any atom is 0.160 e. The van der Waals surface area contributed by atoms with Gasteiger partial charge in [-0.2, -0.15) is 10.5 Å². The zero-order valence-electron chi connectivity index (χ0n) is 47.9. The number of para-hydroxylation sites is 5. The fourth-order valence-electron chi connectivity index (χ4n) is 14.2. The van der Waals surface area contributed by atoms with Gasteiger partial charge in [0.1, 0.15) is 34.6 Å². The largest absolute Gasteiger partial charge is 0.454 e. The molecule has 0 spiro atoms. The van der Waals surface area contributed by atoms with Crippen molar-refractivity contribution in [3.63, 3.8) is 0 Å². The molecule has 0 aliphatic heterocycles. The molecule has 6 aromatic heterocycles. The van der Waals surface area contributed by atoms with E-state index in [1.54, 1.807) is 0 Å². The Morgan fingerprint density at radius 2 is 0.851 bits per heavy atom. The van der Waals surface area contributed by atoms with E-state index < -0.39 is 0 Å². The molecule has 0 fully saturated rings. The van der Waals surface area contributed by atoms with Crippen LogP contribution in [0.2, 0.25) is 0 Å². The first-order valence-corrected chi connectivity index (χ1v) is 29.3. The highest BCUT2D eigenvalue weighted by atomic mass is 16.3. The molecule has 87 heavy (non-hydrogen) atoms. The smallest absolute Gasteiger partial charge is 0.160 e. The third-order valence-electron chi connectivity index (χ3n) is 18.0. The number of fused-ring (bicyclic) bond motifs is 18. The van der Waals surface area contributed by atoms with E-state index in [1.807, 2.05) is 43.3 Å². The summed E-state index contributed by atoms with van der Waals surface area (Å²) in [5, 5.41) is 36.4. The van der Waals surface area contributed by atoms with E-state index in [4.69, 9.17) is 15.3 Å². The molecule has 8 heteroatoms. The van der Waals surface area contributed by atoms with Crippen molar-refractivity contribution in [3.8, 4) is 58.4 Å². The van der Waals surface area contributed by atoms with Gasteiger partial charge in [-0.15, -0.1) is 6.42 Å². The molecule has 0 radical (unpaired) electrons. The lowest BCUT2D eigenvalue weighted by atomic mass is 9.86. The first-order valence-electron chi connectivity index (χ1n) is 29.3. The molecular weight excluding hydrogens is 1060 g/mol. The molecule has 8 nitrogen and oxygen atoms in total. The summed E-state index contributed by atoms with van der Waals surface area (Å²) in [5.41, 5.74) is 14.8. The summed E-state index contributed by atoms with van der Waals surface area (Å²) in [6.07, 6.45) is 10.3. The van der Waals surface area contributed by atoms with Crippen LogP contribution in [-0.4, -0.2) is 18.3 Å². The summed E-state index contributed by atoms with van der Waals surface area (Å²) in [7, 11) is 0. The zero-order valence-corrected chi connectivity index (χ0v) is 47.9. The Labute approximate surface area is 499 Å². The molecule has 0 saturated carbocycles. The SMILES string of the molecule is C#Cc1c(/C=C\C)oc2c1ccc1c3cc(C(C)(C)C)ccc3n(-c3c(-n4c5ccccc5c5ccccc54)c(C#N)c(-n4c5ccc(-c6ccccc6)cc5c5ccc6c7ccccc7oc6c54)c(C#N)c3-n3c4ccccc4c4ccccc43)c12. The summed E-state index contributed by atoms with van der Waals surface area (Å²) >= 11 is 0. The molecule has 0 unspecified atom stereocenters. The van der Waals surface area contributed by atoms with Gasteiger partial charge in [-0.1, -0.05) is 178 Å². The molecular formula is C79H50N6O2. The van der Waals surface area contributed by atoms with Crippen LogP contribution in [0.3, 0.4) is 0 Å². The second kappa shape index (κ2) is 18.4. The number of nitriles is 2. The summed E-state index contributed by atoms with van der Waals surface area (Å²) in [4.78, 5) is 0. The molecule has 11 aromatic carbocycles. The Morgan fingerprint density at radius 1 is 0.391 bits per heavy atom. The maximum absolute atomic E-state index is 13.0. The van der Waals surface area contributed by atoms with Crippen molar-refractivity contribution in [3.05, 3.63) is 246 Å². The standard InChI is InChI=1S/C79H50N6O2/c1-6-21-69-49(7-2)57-38-36-56-60-43-48(79(3,4)5)35-41-68(60)85(75(56)77(57)86-69)76-72(82-63-29-16-11-24-50(63)51-25-12-17-30-64(51)82)61(44-80)71(62(45-81)73(76)83-65-31-18-13-26-52(65)53-27-14-19-32-66(53)83)84-67-40-34-47(46-22-9-8-10-23-46)42-59(67)55-37-39-58-54-28-15-20-33-70(54)87-78(58)74(55)84/h2,6,8-43H,1,3-5H3/b21-6-. The molecule has 17 aromatic rings. The van der Waals surface area contributed by atoms with E-state index in [0.29, 0.717) is 45.2 Å². The average Bonchev–Trinajstić information content (AvgIpc) is 1.60. The van der Waals surface area contributed by atoms with Gasteiger partial charge in [0.15, 0.2) is 11.2 Å². The van der Waals surface area contributed by atoms with Crippen LogP contribution in [-0.2, 0) is 5.41 Å². The van der Waals surface area contributed by atoms with Crippen LogP contribution in [0.25, 0.3) is 160 Å². The number of terminal acetylenes is 1. The normalized spacial score (nSPS) is 12.3. The number of furan rings is 2. The van der Waals surface area contributed by atoms with Crippen LogP contribution in [0.5, 0.6) is 0 Å². The number of aromatic nitrogens is 4. The van der Waals surface area contributed by atoms with Crippen LogP contribution in [0.4, 0.5) is 0 Å². The number of hydrogen-bond acceptors (Lipinski definition) is 4. The maximum atomic E-state index is 13.0. The lowest BCUT2D eigenvalue weighted by Gasteiger charge is -2.27. The lowest BCUT2D eigenvalue weighted by molar-refractivity contribution is 0.591. The Morgan fingerprint density at radius 3 is 1.39 bits per heavy atom. The molecule has 0 atom stereocenters. The van der Waals surface area contributed by atoms with Gasteiger partial charge in [0.05, 0.1) is 72.4 Å². The van der Waals surface area contributed by atoms with Crippen LogP contribution >= 0.6 is 0 Å². The molecule has 0 amide bonds. The van der Waals surface area contributed by atoms with Gasteiger partial charge in [0.25, 0.3) is 0 Å². The second-order valence-corrected chi connectivity index (χ2v) is 23.6. The summed E-state index contributed by atoms with van der Waals surface area (Å²) in [6, 6.07) is 79.8. The van der Waals surface area contributed by atoms with Gasteiger partial charge in [-0.05, 0) is 102 Å². The van der Waals surface area contributed by atoms with Crippen molar-refractivity contribution < 1.29 is 8.83 Å². The van der Waals surface area contributed by atoms with Gasteiger partial charge < -0.3 is 27.1 Å². The van der Waals surface area contributed by atoms with Gasteiger partial charge in [-0.3, -0.25) is 0 Å². The van der Waals surface area contributed by atoms with Crippen molar-refractivity contribution in [2.24, 2.45) is 0 Å². The highest BCUT2D eigenvalue weighted by Crippen LogP contribution is 2.52. The molecule has 408 valence electrons. The van der Waals surface area contributed by atoms with Crippen molar-refractivity contribution in [1.29, 1.82) is 10.5 Å². The lowest BCUT2D eigenvalue weighted by Crippen LogP contribution is -2.17. The number of benzene rings is 11. The summed E-state index contributed by atoms with van der Waals surface area (Å²) < 4.78 is 23.3. The van der Waals surface area contributed by atoms with E-state index in [0.717, 1.165) is 126 Å². The first kappa shape index (κ1) is 49.8. The molecule has 0 aliphatic rings. The van der Waals surface area contributed by atoms with E-state index >= 15 is 0 Å². The van der Waals surface area contributed by atoms with Crippen molar-refractivity contribution in [2.45, 2.75) is 33.1 Å². The van der Waals surface area contributed by atoms with Crippen LogP contribution < -0.4 is 0 Å². The van der Waals surface area contributed by atoms with Crippen molar-refractivity contribution in [2.75, 3.05) is 0 Å². The van der Waals surface area contributed by atoms with Crippen LogP contribution in [0.15, 0.2) is 227 Å². The minimum absolute atomic E-state index is 0.228. The molecule has 0 N–H and O–H groups in total. The Bertz CT molecular complexity index is 5780. The van der Waals surface area contributed by atoms with Gasteiger partial charge in [0, 0.05) is 59.2 Å².